The summed E-state index contributed by atoms with van der Waals surface area (Å²) in [7, 11) is 0. The minimum atomic E-state index is 0.755. The molecule has 0 spiro atoms. The Morgan fingerprint density at radius 3 is 2.50 bits per heavy atom. The third kappa shape index (κ3) is 2.16. The van der Waals surface area contributed by atoms with Crippen molar-refractivity contribution in [2.24, 2.45) is 0 Å². The van der Waals surface area contributed by atoms with E-state index in [4.69, 9.17) is 11.6 Å². The van der Waals surface area contributed by atoms with Crippen LogP contribution >= 0.6 is 27.5 Å². The summed E-state index contributed by atoms with van der Waals surface area (Å²) in [6.07, 6.45) is 1.76. The second-order valence-electron chi connectivity index (χ2n) is 2.94. The fraction of sp³-hybridized carbons (Fsp3) is 0.100. The molecule has 1 heterocycles. The van der Waals surface area contributed by atoms with Crippen LogP contribution in [-0.2, 0) is 6.54 Å². The van der Waals surface area contributed by atoms with Gasteiger partial charge < -0.3 is 0 Å². The van der Waals surface area contributed by atoms with Crippen molar-refractivity contribution in [1.82, 2.24) is 9.78 Å². The van der Waals surface area contributed by atoms with Crippen molar-refractivity contribution in [3.8, 4) is 0 Å². The second-order valence-corrected chi connectivity index (χ2v) is 4.19. The van der Waals surface area contributed by atoms with Crippen LogP contribution in [0.1, 0.15) is 5.56 Å². The van der Waals surface area contributed by atoms with Gasteiger partial charge in [0, 0.05) is 5.02 Å². The first-order chi connectivity index (χ1) is 6.75. The molecule has 72 valence electrons. The molecule has 0 saturated heterocycles. The molecule has 0 fully saturated rings. The first-order valence-electron chi connectivity index (χ1n) is 4.17. The molecule has 0 atom stereocenters. The molecule has 0 amide bonds. The van der Waals surface area contributed by atoms with E-state index in [-0.39, 0.29) is 0 Å². The summed E-state index contributed by atoms with van der Waals surface area (Å²) in [5.41, 5.74) is 1.18. The van der Waals surface area contributed by atoms with E-state index in [2.05, 4.69) is 21.0 Å². The Balaban J connectivity index is 2.19. The Kier molecular flexibility index (Phi) is 2.89. The first-order valence-corrected chi connectivity index (χ1v) is 5.34. The van der Waals surface area contributed by atoms with Crippen molar-refractivity contribution in [2.75, 3.05) is 0 Å². The molecular weight excluding hydrogens is 263 g/mol. The predicted octanol–water partition coefficient (Wildman–Crippen LogP) is 3.35. The summed E-state index contributed by atoms with van der Waals surface area (Å²) in [6.45, 7) is 0.755. The molecule has 0 N–H and O–H groups in total. The van der Waals surface area contributed by atoms with Crippen LogP contribution in [0, 0.1) is 0 Å². The lowest BCUT2D eigenvalue weighted by atomic mass is 10.2. The van der Waals surface area contributed by atoms with Crippen LogP contribution in [0.5, 0.6) is 0 Å². The van der Waals surface area contributed by atoms with Crippen LogP contribution in [0.3, 0.4) is 0 Å². The molecular formula is C10H8BrClN2. The quantitative estimate of drug-likeness (QED) is 0.819. The van der Waals surface area contributed by atoms with Gasteiger partial charge in [0.1, 0.15) is 4.60 Å². The summed E-state index contributed by atoms with van der Waals surface area (Å²) in [5.74, 6) is 0. The Morgan fingerprint density at radius 2 is 1.93 bits per heavy atom. The smallest absolute Gasteiger partial charge is 0.104 e. The molecule has 4 heteroatoms. The largest absolute Gasteiger partial charge is 0.254 e. The number of rotatable bonds is 2. The Labute approximate surface area is 95.6 Å². The van der Waals surface area contributed by atoms with Gasteiger partial charge in [-0.05, 0) is 39.7 Å². The summed E-state index contributed by atoms with van der Waals surface area (Å²) >= 11 is 9.21. The molecule has 1 aromatic heterocycles. The highest BCUT2D eigenvalue weighted by molar-refractivity contribution is 9.10. The highest BCUT2D eigenvalue weighted by atomic mass is 79.9. The van der Waals surface area contributed by atoms with Gasteiger partial charge in [0.05, 0.1) is 12.7 Å². The van der Waals surface area contributed by atoms with Gasteiger partial charge in [0.25, 0.3) is 0 Å². The van der Waals surface area contributed by atoms with Gasteiger partial charge in [0.15, 0.2) is 0 Å². The van der Waals surface area contributed by atoms with E-state index in [1.54, 1.807) is 6.20 Å². The zero-order valence-corrected chi connectivity index (χ0v) is 9.66. The molecule has 1 aromatic carbocycles. The monoisotopic (exact) mass is 270 g/mol. The summed E-state index contributed by atoms with van der Waals surface area (Å²) in [5, 5.41) is 4.93. The predicted molar refractivity (Wildman–Crippen MR) is 60.5 cm³/mol. The lowest BCUT2D eigenvalue weighted by molar-refractivity contribution is 0.672. The summed E-state index contributed by atoms with van der Waals surface area (Å²) in [6, 6.07) is 9.67. The molecule has 0 aliphatic rings. The van der Waals surface area contributed by atoms with Crippen molar-refractivity contribution in [2.45, 2.75) is 6.54 Å². The van der Waals surface area contributed by atoms with E-state index in [1.807, 2.05) is 35.0 Å². The number of hydrogen-bond acceptors (Lipinski definition) is 1. The summed E-state index contributed by atoms with van der Waals surface area (Å²) < 4.78 is 2.86. The highest BCUT2D eigenvalue weighted by Gasteiger charge is 1.99. The van der Waals surface area contributed by atoms with Crippen LogP contribution in [0.25, 0.3) is 0 Å². The third-order valence-corrected chi connectivity index (χ3v) is 2.84. The van der Waals surface area contributed by atoms with Gasteiger partial charge in [-0.2, -0.15) is 5.10 Å². The first kappa shape index (κ1) is 9.74. The number of nitrogens with zero attached hydrogens (tertiary/aromatic N) is 2. The molecule has 14 heavy (non-hydrogen) atoms. The molecule has 2 nitrogen and oxygen atoms in total. The van der Waals surface area contributed by atoms with Crippen molar-refractivity contribution < 1.29 is 0 Å². The highest BCUT2D eigenvalue weighted by Crippen LogP contribution is 2.13. The van der Waals surface area contributed by atoms with Gasteiger partial charge in [-0.3, -0.25) is 4.68 Å². The van der Waals surface area contributed by atoms with E-state index in [0.717, 1.165) is 16.2 Å². The van der Waals surface area contributed by atoms with Crippen LogP contribution in [-0.4, -0.2) is 9.78 Å². The van der Waals surface area contributed by atoms with Crippen molar-refractivity contribution >= 4 is 27.5 Å². The van der Waals surface area contributed by atoms with Crippen LogP contribution in [0.2, 0.25) is 5.02 Å². The zero-order chi connectivity index (χ0) is 9.97. The van der Waals surface area contributed by atoms with Gasteiger partial charge in [-0.1, -0.05) is 23.7 Å². The van der Waals surface area contributed by atoms with E-state index in [0.29, 0.717) is 0 Å². The normalized spacial score (nSPS) is 10.4. The van der Waals surface area contributed by atoms with Gasteiger partial charge in [-0.15, -0.1) is 0 Å². The Hall–Kier alpha value is -0.800. The topological polar surface area (TPSA) is 17.8 Å². The summed E-state index contributed by atoms with van der Waals surface area (Å²) in [4.78, 5) is 0. The molecule has 0 saturated carbocycles. The van der Waals surface area contributed by atoms with Crippen molar-refractivity contribution in [3.63, 3.8) is 0 Å². The average molecular weight is 272 g/mol. The van der Waals surface area contributed by atoms with Crippen molar-refractivity contribution in [1.29, 1.82) is 0 Å². The van der Waals surface area contributed by atoms with Crippen LogP contribution < -0.4 is 0 Å². The van der Waals surface area contributed by atoms with E-state index < -0.39 is 0 Å². The second kappa shape index (κ2) is 4.15. The standard InChI is InChI=1S/C10H8BrClN2/c11-10-5-6-13-14(10)7-8-1-3-9(12)4-2-8/h1-6H,7H2. The average Bonchev–Trinajstić information content (AvgIpc) is 2.56. The maximum Gasteiger partial charge on any atom is 0.104 e. The minimum Gasteiger partial charge on any atom is -0.254 e. The van der Waals surface area contributed by atoms with Gasteiger partial charge >= 0.3 is 0 Å². The number of aromatic nitrogens is 2. The molecule has 0 aliphatic heterocycles. The molecule has 2 rings (SSSR count). The lowest BCUT2D eigenvalue weighted by Crippen LogP contribution is -2.01. The number of hydrogen-bond donors (Lipinski definition) is 0. The maximum atomic E-state index is 5.79. The fourth-order valence-corrected chi connectivity index (χ4v) is 1.66. The van der Waals surface area contributed by atoms with Gasteiger partial charge in [0.2, 0.25) is 0 Å². The Morgan fingerprint density at radius 1 is 1.21 bits per heavy atom. The van der Waals surface area contributed by atoms with Crippen LogP contribution in [0.4, 0.5) is 0 Å². The minimum absolute atomic E-state index is 0.755. The Bertz CT molecular complexity index is 422. The van der Waals surface area contributed by atoms with E-state index in [9.17, 15) is 0 Å². The molecule has 0 radical (unpaired) electrons. The molecule has 2 aromatic rings. The number of benzene rings is 1. The van der Waals surface area contributed by atoms with Crippen molar-refractivity contribution in [3.05, 3.63) is 51.7 Å². The van der Waals surface area contributed by atoms with Crippen LogP contribution in [0.15, 0.2) is 41.1 Å². The van der Waals surface area contributed by atoms with E-state index in [1.165, 1.54) is 5.56 Å². The SMILES string of the molecule is Clc1ccc(Cn2nccc2Br)cc1. The third-order valence-electron chi connectivity index (χ3n) is 1.91. The lowest BCUT2D eigenvalue weighted by Gasteiger charge is -2.03. The molecule has 0 bridgehead atoms. The van der Waals surface area contributed by atoms with Gasteiger partial charge in [-0.25, -0.2) is 0 Å². The zero-order valence-electron chi connectivity index (χ0n) is 7.32. The van der Waals surface area contributed by atoms with E-state index >= 15 is 0 Å². The molecule has 0 unspecified atom stereocenters. The fourth-order valence-electron chi connectivity index (χ4n) is 1.20. The number of halogens is 2. The molecule has 0 aliphatic carbocycles. The maximum absolute atomic E-state index is 5.79.